The van der Waals surface area contributed by atoms with E-state index < -0.39 is 17.8 Å². The van der Waals surface area contributed by atoms with Gasteiger partial charge in [0.05, 0.1) is 0 Å². The molecule has 0 unspecified atom stereocenters. The van der Waals surface area contributed by atoms with Gasteiger partial charge >= 0.3 is 6.18 Å². The number of pyridine rings is 1. The molecule has 0 fully saturated rings. The molecule has 1 heterocycles. The molecule has 0 bridgehead atoms. The lowest BCUT2D eigenvalue weighted by molar-refractivity contribution is -0.141. The monoisotopic (exact) mass is 244 g/mol. The van der Waals surface area contributed by atoms with Crippen molar-refractivity contribution >= 4 is 5.91 Å². The summed E-state index contributed by atoms with van der Waals surface area (Å²) in [4.78, 5) is 14.7. The number of nitrogens with zero attached hydrogens (tertiary/aromatic N) is 1. The smallest absolute Gasteiger partial charge is 0.325 e. The van der Waals surface area contributed by atoms with Crippen molar-refractivity contribution in [1.82, 2.24) is 10.3 Å². The van der Waals surface area contributed by atoms with E-state index >= 15 is 0 Å². The van der Waals surface area contributed by atoms with Crippen molar-refractivity contribution in [2.75, 3.05) is 0 Å². The molecule has 1 amide bonds. The maximum Gasteiger partial charge on any atom is 0.433 e. The number of carbonyl (C=O) groups excluding carboxylic acids is 1. The molecule has 0 aliphatic heterocycles. The topological polar surface area (TPSA) is 42.0 Å². The van der Waals surface area contributed by atoms with Crippen LogP contribution in [0.3, 0.4) is 0 Å². The predicted molar refractivity (Wildman–Crippen MR) is 56.1 cm³/mol. The van der Waals surface area contributed by atoms with Crippen molar-refractivity contribution in [3.8, 4) is 0 Å². The van der Waals surface area contributed by atoms with Crippen LogP contribution >= 0.6 is 0 Å². The number of allylic oxidation sites excluding steroid dienone is 1. The molecule has 92 valence electrons. The largest absolute Gasteiger partial charge is 0.433 e. The van der Waals surface area contributed by atoms with Crippen LogP contribution in [0.1, 0.15) is 29.5 Å². The van der Waals surface area contributed by atoms with Gasteiger partial charge < -0.3 is 5.32 Å². The van der Waals surface area contributed by atoms with E-state index in [2.05, 4.69) is 16.9 Å². The average molecular weight is 244 g/mol. The van der Waals surface area contributed by atoms with Gasteiger partial charge in [0.1, 0.15) is 11.4 Å². The Hall–Kier alpha value is -1.85. The molecule has 0 radical (unpaired) electrons. The summed E-state index contributed by atoms with van der Waals surface area (Å²) >= 11 is 0. The van der Waals surface area contributed by atoms with E-state index in [0.29, 0.717) is 12.1 Å². The van der Waals surface area contributed by atoms with E-state index in [1.165, 1.54) is 6.07 Å². The zero-order valence-electron chi connectivity index (χ0n) is 9.14. The Bertz CT molecular complexity index is 441. The summed E-state index contributed by atoms with van der Waals surface area (Å²) in [7, 11) is 0. The summed E-state index contributed by atoms with van der Waals surface area (Å²) in [6.45, 7) is 5.29. The number of hydrogen-bond donors (Lipinski definition) is 1. The summed E-state index contributed by atoms with van der Waals surface area (Å²) in [5.74, 6) is -0.692. The van der Waals surface area contributed by atoms with Crippen LogP contribution in [-0.4, -0.2) is 10.9 Å². The highest BCUT2D eigenvalue weighted by Gasteiger charge is 2.32. The third-order valence-electron chi connectivity index (χ3n) is 1.99. The normalized spacial score (nSPS) is 11.1. The third-order valence-corrected chi connectivity index (χ3v) is 1.99. The second-order valence-corrected chi connectivity index (χ2v) is 3.32. The van der Waals surface area contributed by atoms with Crippen LogP contribution in [0.15, 0.2) is 30.5 Å². The quantitative estimate of drug-likeness (QED) is 0.888. The average Bonchev–Trinajstić information content (AvgIpc) is 2.28. The summed E-state index contributed by atoms with van der Waals surface area (Å²) in [6, 6.07) is 3.17. The molecular weight excluding hydrogens is 233 g/mol. The Morgan fingerprint density at radius 3 is 2.65 bits per heavy atom. The van der Waals surface area contributed by atoms with E-state index in [1.807, 2.05) is 0 Å². The lowest BCUT2D eigenvalue weighted by Gasteiger charge is -2.08. The highest BCUT2D eigenvalue weighted by molar-refractivity contribution is 5.93. The fraction of sp³-hybridized carbons (Fsp3) is 0.273. The molecular formula is C11H11F3N2O. The minimum atomic E-state index is -4.56. The second-order valence-electron chi connectivity index (χ2n) is 3.32. The SMILES string of the molecule is C=C(CC)NC(=O)c1cccc(C(F)(F)F)n1. The first-order chi connectivity index (χ1) is 7.84. The maximum absolute atomic E-state index is 12.3. The van der Waals surface area contributed by atoms with Crippen LogP contribution in [0.5, 0.6) is 0 Å². The Morgan fingerprint density at radius 1 is 1.47 bits per heavy atom. The maximum atomic E-state index is 12.3. The highest BCUT2D eigenvalue weighted by atomic mass is 19.4. The number of hydrogen-bond acceptors (Lipinski definition) is 2. The molecule has 1 N–H and O–H groups in total. The number of alkyl halides is 3. The molecule has 0 aliphatic carbocycles. The van der Waals surface area contributed by atoms with Gasteiger partial charge in [0.2, 0.25) is 0 Å². The first kappa shape index (κ1) is 13.2. The van der Waals surface area contributed by atoms with Gasteiger partial charge in [-0.3, -0.25) is 4.79 Å². The number of amides is 1. The Kier molecular flexibility index (Phi) is 3.88. The molecule has 0 aromatic carbocycles. The lowest BCUT2D eigenvalue weighted by atomic mass is 10.2. The molecule has 1 aromatic heterocycles. The first-order valence-corrected chi connectivity index (χ1v) is 4.88. The van der Waals surface area contributed by atoms with Crippen LogP contribution in [-0.2, 0) is 6.18 Å². The minimum Gasteiger partial charge on any atom is -0.325 e. The van der Waals surface area contributed by atoms with Crippen molar-refractivity contribution < 1.29 is 18.0 Å². The van der Waals surface area contributed by atoms with Gasteiger partial charge in [0, 0.05) is 5.70 Å². The summed E-state index contributed by atoms with van der Waals surface area (Å²) in [5.41, 5.74) is -0.948. The summed E-state index contributed by atoms with van der Waals surface area (Å²) in [6.07, 6.45) is -4.05. The highest BCUT2D eigenvalue weighted by Crippen LogP contribution is 2.27. The first-order valence-electron chi connectivity index (χ1n) is 4.88. The number of rotatable bonds is 3. The van der Waals surface area contributed by atoms with Crippen molar-refractivity contribution in [2.24, 2.45) is 0 Å². The van der Waals surface area contributed by atoms with Crippen molar-refractivity contribution in [1.29, 1.82) is 0 Å². The molecule has 0 spiro atoms. The van der Waals surface area contributed by atoms with Gasteiger partial charge in [-0.05, 0) is 18.6 Å². The minimum absolute atomic E-state index is 0.283. The van der Waals surface area contributed by atoms with Gasteiger partial charge in [-0.15, -0.1) is 0 Å². The van der Waals surface area contributed by atoms with E-state index in [9.17, 15) is 18.0 Å². The van der Waals surface area contributed by atoms with Crippen LogP contribution in [0.2, 0.25) is 0 Å². The van der Waals surface area contributed by atoms with Gasteiger partial charge in [0.25, 0.3) is 5.91 Å². The third kappa shape index (κ3) is 3.58. The van der Waals surface area contributed by atoms with Gasteiger partial charge in [0.15, 0.2) is 0 Å². The van der Waals surface area contributed by atoms with Gasteiger partial charge in [-0.2, -0.15) is 13.2 Å². The van der Waals surface area contributed by atoms with Gasteiger partial charge in [-0.1, -0.05) is 19.6 Å². The van der Waals surface area contributed by atoms with E-state index in [0.717, 1.165) is 12.1 Å². The molecule has 1 rings (SSSR count). The fourth-order valence-corrected chi connectivity index (χ4v) is 1.03. The van der Waals surface area contributed by atoms with Crippen molar-refractivity contribution in [3.63, 3.8) is 0 Å². The van der Waals surface area contributed by atoms with E-state index in [-0.39, 0.29) is 5.69 Å². The Balaban J connectivity index is 2.92. The summed E-state index contributed by atoms with van der Waals surface area (Å²) < 4.78 is 37.0. The lowest BCUT2D eigenvalue weighted by Crippen LogP contribution is -2.24. The fourth-order valence-electron chi connectivity index (χ4n) is 1.03. The standard InChI is InChI=1S/C11H11F3N2O/c1-3-7(2)15-10(17)8-5-4-6-9(16-8)11(12,13)14/h4-6H,2-3H2,1H3,(H,15,17). The number of carbonyl (C=O) groups is 1. The molecule has 6 heteroatoms. The van der Waals surface area contributed by atoms with E-state index in [1.54, 1.807) is 6.92 Å². The molecule has 0 saturated carbocycles. The molecule has 0 atom stereocenters. The predicted octanol–water partition coefficient (Wildman–Crippen LogP) is 2.75. The molecule has 0 saturated heterocycles. The van der Waals surface area contributed by atoms with Crippen LogP contribution < -0.4 is 5.32 Å². The van der Waals surface area contributed by atoms with Crippen LogP contribution in [0.25, 0.3) is 0 Å². The van der Waals surface area contributed by atoms with Crippen molar-refractivity contribution in [2.45, 2.75) is 19.5 Å². The zero-order chi connectivity index (χ0) is 13.1. The Morgan fingerprint density at radius 2 is 2.12 bits per heavy atom. The second kappa shape index (κ2) is 4.99. The number of nitrogens with one attached hydrogen (secondary N) is 1. The van der Waals surface area contributed by atoms with Crippen LogP contribution in [0.4, 0.5) is 13.2 Å². The zero-order valence-corrected chi connectivity index (χ0v) is 9.14. The van der Waals surface area contributed by atoms with Crippen molar-refractivity contribution in [3.05, 3.63) is 41.9 Å². The van der Waals surface area contributed by atoms with Crippen LogP contribution in [0, 0.1) is 0 Å². The van der Waals surface area contributed by atoms with Gasteiger partial charge in [-0.25, -0.2) is 4.98 Å². The molecule has 17 heavy (non-hydrogen) atoms. The summed E-state index contributed by atoms with van der Waals surface area (Å²) in [5, 5.41) is 2.36. The number of aromatic nitrogens is 1. The number of halogens is 3. The van der Waals surface area contributed by atoms with E-state index in [4.69, 9.17) is 0 Å². The molecule has 1 aromatic rings. The Labute approximate surface area is 96.4 Å². The molecule has 0 aliphatic rings. The molecule has 3 nitrogen and oxygen atoms in total.